The molecule has 0 aromatic heterocycles. The first kappa shape index (κ1) is 77.4. The van der Waals surface area contributed by atoms with Crippen LogP contribution in [-0.2, 0) is 0 Å². The highest BCUT2D eigenvalue weighted by Crippen LogP contribution is 1.67. The van der Waals surface area contributed by atoms with Gasteiger partial charge in [-0.3, -0.25) is 0 Å². The van der Waals surface area contributed by atoms with Crippen LogP contribution in [0.1, 0.15) is 6.92 Å². The van der Waals surface area contributed by atoms with Crippen molar-refractivity contribution in [1.29, 1.82) is 0 Å². The fourth-order valence-corrected chi connectivity index (χ4v) is 3.00. The third-order valence-electron chi connectivity index (χ3n) is 6.07. The first-order valence-corrected chi connectivity index (χ1v) is 24.8. The minimum Gasteiger partial charge on any atom is -0.106 e. The molecule has 0 aromatic rings. The van der Waals surface area contributed by atoms with Gasteiger partial charge in [-0.15, -0.1) is 6.42 Å². The normalized spacial score (nSPS) is 3.96. The summed E-state index contributed by atoms with van der Waals surface area (Å²) in [5, 5.41) is 0. The van der Waals surface area contributed by atoms with Crippen LogP contribution in [0.2, 0.25) is 0 Å². The Kier molecular flexibility index (Phi) is 59.8. The molecule has 0 heterocycles. The average molecular weight is 1190 g/mol. The maximum Gasteiger partial charge on any atom is 0 e. The van der Waals surface area contributed by atoms with Gasteiger partial charge >= 0.3 is 0 Å². The van der Waals surface area contributed by atoms with Gasteiger partial charge in [0, 0.05) is 474 Å². The molecule has 0 saturated heterocycles. The Labute approximate surface area is 583 Å². The molecule has 0 saturated carbocycles. The van der Waals surface area contributed by atoms with Crippen molar-refractivity contribution < 1.29 is 0 Å². The van der Waals surface area contributed by atoms with E-state index in [1.807, 2.05) is 0 Å². The van der Waals surface area contributed by atoms with Crippen molar-refractivity contribution in [3.8, 4) is 581 Å². The van der Waals surface area contributed by atoms with Crippen molar-refractivity contribution in [3.05, 3.63) is 0 Å². The summed E-state index contributed by atoms with van der Waals surface area (Å²) in [5.41, 5.74) is 0. The fourth-order valence-electron chi connectivity index (χ4n) is 3.00. The van der Waals surface area contributed by atoms with E-state index in [4.69, 9.17) is 6.42 Å². The zero-order valence-electron chi connectivity index (χ0n) is 50.1. The Morgan fingerprint density at radius 1 is 0.0808 bits per heavy atom. The molecular weight excluding hydrogens is 1190 g/mol. The first-order chi connectivity index (χ1) is 49.4. The monoisotopic (exact) mass is 1190 g/mol. The summed E-state index contributed by atoms with van der Waals surface area (Å²) in [6, 6.07) is 0. The highest BCUT2D eigenvalue weighted by Gasteiger charge is 1.67. The predicted octanol–water partition coefficient (Wildman–Crippen LogP) is 0.803. The van der Waals surface area contributed by atoms with E-state index in [9.17, 15) is 0 Å². The summed E-state index contributed by atoms with van der Waals surface area (Å²) < 4.78 is 0. The lowest BCUT2D eigenvalue weighted by Crippen LogP contribution is -1.57. The predicted molar refractivity (Wildman–Crippen MR) is 388 cm³/mol. The molecule has 0 aromatic carbocycles. The van der Waals surface area contributed by atoms with Gasteiger partial charge in [0.1, 0.15) is 0 Å². The van der Waals surface area contributed by atoms with Crippen LogP contribution >= 0.6 is 0 Å². The molecular formula is C99H4. The number of rotatable bonds is 0. The SMILES string of the molecule is C#CC#CC#CC#CC#CC#CC#CC#CC#CC#CC#CC#CC#CC#CC#CC#CC#CC#CC#CC#CC#CC#CC#CC#CC#CC#CC#CC#CC#CC#CC#CC#CC#CC#CC#CC#CC#CC#CC#CC#CC#CC#CC#CC#CC#CC#CC#CC#CC#CC. The lowest BCUT2D eigenvalue weighted by molar-refractivity contribution is 1.92. The van der Waals surface area contributed by atoms with E-state index >= 15 is 0 Å². The van der Waals surface area contributed by atoms with Gasteiger partial charge in [-0.05, 0) is 102 Å². The molecule has 99 heavy (non-hydrogen) atoms. The van der Waals surface area contributed by atoms with Crippen molar-refractivity contribution >= 4 is 0 Å². The summed E-state index contributed by atoms with van der Waals surface area (Å²) in [5.74, 6) is 242. The molecule has 0 rings (SSSR count). The maximum atomic E-state index is 4.95. The van der Waals surface area contributed by atoms with Crippen molar-refractivity contribution in [2.24, 2.45) is 0 Å². The van der Waals surface area contributed by atoms with Crippen LogP contribution in [0.4, 0.5) is 0 Å². The van der Waals surface area contributed by atoms with Crippen molar-refractivity contribution in [3.63, 3.8) is 0 Å². The van der Waals surface area contributed by atoms with E-state index in [0.717, 1.165) is 0 Å². The highest BCUT2D eigenvalue weighted by molar-refractivity contribution is 5.56. The first-order valence-electron chi connectivity index (χ1n) is 24.8. The minimum absolute atomic E-state index is 1.68. The number of hydrogen-bond acceptors (Lipinski definition) is 0. The highest BCUT2D eigenvalue weighted by atomic mass is 13.7. The third-order valence-corrected chi connectivity index (χ3v) is 6.07. The molecule has 0 aliphatic heterocycles. The van der Waals surface area contributed by atoms with E-state index in [0.29, 0.717) is 0 Å². The lowest BCUT2D eigenvalue weighted by atomic mass is 10.4. The molecule has 0 radical (unpaired) electrons. The molecule has 400 valence electrons. The quantitative estimate of drug-likeness (QED) is 0.316. The van der Waals surface area contributed by atoms with Crippen LogP contribution in [0.5, 0.6) is 0 Å². The van der Waals surface area contributed by atoms with E-state index < -0.39 is 0 Å². The van der Waals surface area contributed by atoms with Crippen molar-refractivity contribution in [2.75, 3.05) is 0 Å². The van der Waals surface area contributed by atoms with Crippen molar-refractivity contribution in [2.45, 2.75) is 6.92 Å². The van der Waals surface area contributed by atoms with Crippen LogP contribution in [-0.4, -0.2) is 0 Å². The molecule has 0 heteroatoms. The molecule has 0 unspecified atom stereocenters. The summed E-state index contributed by atoms with van der Waals surface area (Å²) in [7, 11) is 0. The van der Waals surface area contributed by atoms with Gasteiger partial charge in [0.05, 0.1) is 0 Å². The zero-order chi connectivity index (χ0) is 70.6. The number of terminal acetylenes is 1. The summed E-state index contributed by atoms with van der Waals surface area (Å²) >= 11 is 0. The van der Waals surface area contributed by atoms with Crippen LogP contribution in [0.3, 0.4) is 0 Å². The minimum atomic E-state index is 1.68. The van der Waals surface area contributed by atoms with Crippen LogP contribution < -0.4 is 0 Å². The maximum absolute atomic E-state index is 4.95. The molecule has 0 amide bonds. The Morgan fingerprint density at radius 2 is 0.131 bits per heavy atom. The zero-order valence-corrected chi connectivity index (χ0v) is 50.1. The van der Waals surface area contributed by atoms with E-state index in [2.05, 4.69) is 574 Å². The average Bonchev–Trinajstić information content (AvgIpc) is 3.64. The Bertz CT molecular complexity index is 6990. The lowest BCUT2D eigenvalue weighted by Gasteiger charge is -1.58. The van der Waals surface area contributed by atoms with Gasteiger partial charge in [-0.1, -0.05) is 5.92 Å². The third kappa shape index (κ3) is 76.4. The Balaban J connectivity index is 4.63. The summed E-state index contributed by atoms with van der Waals surface area (Å²) in [6.45, 7) is 1.68. The molecule has 0 N–H and O–H groups in total. The Morgan fingerprint density at radius 3 is 0.182 bits per heavy atom. The second-order valence-electron chi connectivity index (χ2n) is 12.3. The van der Waals surface area contributed by atoms with E-state index in [-0.39, 0.29) is 0 Å². The van der Waals surface area contributed by atoms with E-state index in [1.54, 1.807) is 6.92 Å². The fraction of sp³-hybridized carbons (Fsp3) is 0.0101. The van der Waals surface area contributed by atoms with Crippen molar-refractivity contribution in [1.82, 2.24) is 0 Å². The largest absolute Gasteiger partial charge is 0.106 e. The van der Waals surface area contributed by atoms with Gasteiger partial charge in [-0.25, -0.2) is 0 Å². The molecule has 0 bridgehead atoms. The van der Waals surface area contributed by atoms with Gasteiger partial charge in [0.25, 0.3) is 0 Å². The van der Waals surface area contributed by atoms with Crippen LogP contribution in [0.25, 0.3) is 0 Å². The second kappa shape index (κ2) is 76.4. The van der Waals surface area contributed by atoms with E-state index in [1.165, 1.54) is 0 Å². The summed E-state index contributed by atoms with van der Waals surface area (Å²) in [6.07, 6.45) is 4.95. The topological polar surface area (TPSA) is 0 Å². The van der Waals surface area contributed by atoms with Crippen LogP contribution in [0.15, 0.2) is 0 Å². The molecule has 0 nitrogen and oxygen atoms in total. The van der Waals surface area contributed by atoms with Crippen LogP contribution in [0, 0.1) is 581 Å². The molecule has 0 fully saturated rings. The Hall–Kier alpha value is -21.6. The van der Waals surface area contributed by atoms with Gasteiger partial charge in [-0.2, -0.15) is 0 Å². The van der Waals surface area contributed by atoms with Gasteiger partial charge in [0.2, 0.25) is 0 Å². The van der Waals surface area contributed by atoms with Gasteiger partial charge in [0.15, 0.2) is 0 Å². The second-order valence-corrected chi connectivity index (χ2v) is 12.3. The molecule has 0 spiro atoms. The molecule has 0 aliphatic rings. The molecule has 0 atom stereocenters. The standard InChI is InChI=1S/C99H4/c1-3-5-7-9-11-13-15-17-19-21-23-25-27-29-31-33-35-37-39-41-43-45-47-49-51-53-55-57-59-61-63-65-67-69-71-73-75-77-79-81-83-85-87-89-91-93-95-97-99-98-96-94-92-90-88-86-84-82-80-78-76-74-72-70-68-66-64-62-60-58-56-54-52-50-48-46-44-42-40-38-36-34-32-30-28-26-24-22-20-18-16-14-12-10-8-6-4-2/h1H,2H3. The number of hydrogen-bond donors (Lipinski definition) is 0. The smallest absolute Gasteiger partial charge is 0 e. The molecule has 0 aliphatic carbocycles. The summed E-state index contributed by atoms with van der Waals surface area (Å²) in [4.78, 5) is 0. The van der Waals surface area contributed by atoms with Gasteiger partial charge < -0.3 is 0 Å².